The molecule has 1 aliphatic carbocycles. The molecule has 17 heavy (non-hydrogen) atoms. The maximum atomic E-state index is 10.00. The van der Waals surface area contributed by atoms with Crippen molar-refractivity contribution in [3.05, 3.63) is 0 Å². The highest BCUT2D eigenvalue weighted by molar-refractivity contribution is 4.80. The summed E-state index contributed by atoms with van der Waals surface area (Å²) in [5, 5.41) is 10.00. The van der Waals surface area contributed by atoms with E-state index < -0.39 is 0 Å². The summed E-state index contributed by atoms with van der Waals surface area (Å²) in [6, 6.07) is 0. The Kier molecular flexibility index (Phi) is 5.26. The number of hydrogen-bond donors (Lipinski definition) is 1. The van der Waals surface area contributed by atoms with Gasteiger partial charge < -0.3 is 14.9 Å². The van der Waals surface area contributed by atoms with Gasteiger partial charge in [0.1, 0.15) is 0 Å². The van der Waals surface area contributed by atoms with E-state index >= 15 is 0 Å². The van der Waals surface area contributed by atoms with Crippen molar-refractivity contribution < 1.29 is 5.11 Å². The summed E-state index contributed by atoms with van der Waals surface area (Å²) >= 11 is 0. The third-order valence-electron chi connectivity index (χ3n) is 4.37. The summed E-state index contributed by atoms with van der Waals surface area (Å²) in [6.45, 7) is 9.46. The van der Waals surface area contributed by atoms with Gasteiger partial charge >= 0.3 is 0 Å². The fourth-order valence-corrected chi connectivity index (χ4v) is 3.24. The van der Waals surface area contributed by atoms with Crippen LogP contribution in [0, 0.1) is 5.92 Å². The summed E-state index contributed by atoms with van der Waals surface area (Å²) in [7, 11) is 0. The molecule has 1 N–H and O–H groups in total. The van der Waals surface area contributed by atoms with E-state index in [1.807, 2.05) is 0 Å². The van der Waals surface area contributed by atoms with Gasteiger partial charge in [-0.1, -0.05) is 19.8 Å². The van der Waals surface area contributed by atoms with E-state index in [0.29, 0.717) is 5.92 Å². The van der Waals surface area contributed by atoms with E-state index in [1.165, 1.54) is 58.4 Å². The third-order valence-corrected chi connectivity index (χ3v) is 4.37. The number of hydrogen-bond acceptors (Lipinski definition) is 3. The van der Waals surface area contributed by atoms with Crippen LogP contribution in [0.4, 0.5) is 0 Å². The molecule has 3 heteroatoms. The molecule has 0 bridgehead atoms. The van der Waals surface area contributed by atoms with Crippen LogP contribution < -0.4 is 0 Å². The number of aliphatic hydroxyl groups is 1. The highest BCUT2D eigenvalue weighted by Crippen LogP contribution is 2.25. The van der Waals surface area contributed by atoms with Gasteiger partial charge in [-0.2, -0.15) is 0 Å². The molecule has 0 radical (unpaired) electrons. The molecular weight excluding hydrogens is 212 g/mol. The van der Waals surface area contributed by atoms with Gasteiger partial charge in [0.15, 0.2) is 0 Å². The number of nitrogens with zero attached hydrogens (tertiary/aromatic N) is 2. The van der Waals surface area contributed by atoms with Crippen molar-refractivity contribution >= 4 is 0 Å². The number of piperazine rings is 1. The smallest absolute Gasteiger partial charge is 0.0580 e. The monoisotopic (exact) mass is 240 g/mol. The van der Waals surface area contributed by atoms with Crippen molar-refractivity contribution in [3.63, 3.8) is 0 Å². The zero-order chi connectivity index (χ0) is 12.1. The lowest BCUT2D eigenvalue weighted by molar-refractivity contribution is 0.0329. The molecule has 2 atom stereocenters. The Balaban J connectivity index is 1.70. The second kappa shape index (κ2) is 6.72. The SMILES string of the molecule is CCCN1CCN(CC2CCCCC2O)CC1. The molecule has 2 rings (SSSR count). The van der Waals surface area contributed by atoms with Gasteiger partial charge in [-0.25, -0.2) is 0 Å². The van der Waals surface area contributed by atoms with E-state index in [4.69, 9.17) is 0 Å². The Morgan fingerprint density at radius 3 is 2.29 bits per heavy atom. The van der Waals surface area contributed by atoms with Crippen LogP contribution in [0.25, 0.3) is 0 Å². The van der Waals surface area contributed by atoms with Gasteiger partial charge in [-0.3, -0.25) is 0 Å². The quantitative estimate of drug-likeness (QED) is 0.808. The average molecular weight is 240 g/mol. The summed E-state index contributed by atoms with van der Waals surface area (Å²) in [5.41, 5.74) is 0. The normalized spacial score (nSPS) is 32.8. The summed E-state index contributed by atoms with van der Waals surface area (Å²) in [4.78, 5) is 5.12. The summed E-state index contributed by atoms with van der Waals surface area (Å²) in [6.07, 6.45) is 6.04. The van der Waals surface area contributed by atoms with Crippen molar-refractivity contribution in [3.8, 4) is 0 Å². The molecule has 1 saturated heterocycles. The van der Waals surface area contributed by atoms with Crippen LogP contribution in [0.1, 0.15) is 39.0 Å². The van der Waals surface area contributed by atoms with Crippen LogP contribution in [0.2, 0.25) is 0 Å². The lowest BCUT2D eigenvalue weighted by atomic mass is 9.86. The zero-order valence-corrected chi connectivity index (χ0v) is 11.3. The topological polar surface area (TPSA) is 26.7 Å². The van der Waals surface area contributed by atoms with Crippen LogP contribution in [0.5, 0.6) is 0 Å². The molecule has 0 aromatic rings. The summed E-state index contributed by atoms with van der Waals surface area (Å²) in [5.74, 6) is 0.543. The molecule has 100 valence electrons. The maximum absolute atomic E-state index is 10.00. The van der Waals surface area contributed by atoms with Crippen molar-refractivity contribution in [1.82, 2.24) is 9.80 Å². The Morgan fingerprint density at radius 1 is 1.00 bits per heavy atom. The molecule has 3 nitrogen and oxygen atoms in total. The van der Waals surface area contributed by atoms with Gasteiger partial charge in [0.05, 0.1) is 6.10 Å². The Labute approximate surface area is 106 Å². The number of aliphatic hydroxyl groups excluding tert-OH is 1. The zero-order valence-electron chi connectivity index (χ0n) is 11.3. The lowest BCUT2D eigenvalue weighted by Gasteiger charge is -2.38. The molecule has 1 aliphatic heterocycles. The molecule has 0 amide bonds. The van der Waals surface area contributed by atoms with Gasteiger partial charge in [0.25, 0.3) is 0 Å². The minimum Gasteiger partial charge on any atom is -0.393 e. The van der Waals surface area contributed by atoms with Crippen LogP contribution in [-0.2, 0) is 0 Å². The maximum Gasteiger partial charge on any atom is 0.0580 e. The van der Waals surface area contributed by atoms with Crippen LogP contribution in [0.15, 0.2) is 0 Å². The lowest BCUT2D eigenvalue weighted by Crippen LogP contribution is -2.49. The average Bonchev–Trinajstić information content (AvgIpc) is 2.35. The van der Waals surface area contributed by atoms with Crippen molar-refractivity contribution in [2.24, 2.45) is 5.92 Å². The van der Waals surface area contributed by atoms with Crippen LogP contribution in [-0.4, -0.2) is 60.3 Å². The van der Waals surface area contributed by atoms with Crippen molar-refractivity contribution in [1.29, 1.82) is 0 Å². The first-order valence-corrected chi connectivity index (χ1v) is 7.42. The predicted octanol–water partition coefficient (Wildman–Crippen LogP) is 1.57. The van der Waals surface area contributed by atoms with E-state index in [2.05, 4.69) is 16.7 Å². The third kappa shape index (κ3) is 3.94. The van der Waals surface area contributed by atoms with Crippen molar-refractivity contribution in [2.45, 2.75) is 45.1 Å². The van der Waals surface area contributed by atoms with Gasteiger partial charge in [0, 0.05) is 32.7 Å². The molecule has 2 aliphatic rings. The second-order valence-corrected chi connectivity index (χ2v) is 5.75. The fraction of sp³-hybridized carbons (Fsp3) is 1.00. The standard InChI is InChI=1S/C14H28N2O/c1-2-7-15-8-10-16(11-9-15)12-13-5-3-4-6-14(13)17/h13-14,17H,2-12H2,1H3. The van der Waals surface area contributed by atoms with Crippen molar-refractivity contribution in [2.75, 3.05) is 39.3 Å². The first-order chi connectivity index (χ1) is 8.29. The highest BCUT2D eigenvalue weighted by Gasteiger charge is 2.26. The fourth-order valence-electron chi connectivity index (χ4n) is 3.24. The van der Waals surface area contributed by atoms with Gasteiger partial charge in [0.2, 0.25) is 0 Å². The molecule has 1 heterocycles. The first kappa shape index (κ1) is 13.3. The highest BCUT2D eigenvalue weighted by atomic mass is 16.3. The van der Waals surface area contributed by atoms with Crippen LogP contribution >= 0.6 is 0 Å². The van der Waals surface area contributed by atoms with E-state index in [1.54, 1.807) is 0 Å². The minimum atomic E-state index is -0.0302. The van der Waals surface area contributed by atoms with E-state index in [-0.39, 0.29) is 6.10 Å². The summed E-state index contributed by atoms with van der Waals surface area (Å²) < 4.78 is 0. The van der Waals surface area contributed by atoms with E-state index in [0.717, 1.165) is 13.0 Å². The molecule has 0 spiro atoms. The molecule has 0 aromatic heterocycles. The first-order valence-electron chi connectivity index (χ1n) is 7.42. The number of rotatable bonds is 4. The Morgan fingerprint density at radius 2 is 1.65 bits per heavy atom. The Bertz CT molecular complexity index is 214. The van der Waals surface area contributed by atoms with E-state index in [9.17, 15) is 5.11 Å². The minimum absolute atomic E-state index is 0.0302. The molecular formula is C14H28N2O. The molecule has 2 unspecified atom stereocenters. The predicted molar refractivity (Wildman–Crippen MR) is 71.1 cm³/mol. The van der Waals surface area contributed by atoms with Crippen LogP contribution in [0.3, 0.4) is 0 Å². The second-order valence-electron chi connectivity index (χ2n) is 5.75. The molecule has 1 saturated carbocycles. The Hall–Kier alpha value is -0.120. The molecule has 0 aromatic carbocycles. The van der Waals surface area contributed by atoms with Gasteiger partial charge in [-0.05, 0) is 31.7 Å². The largest absolute Gasteiger partial charge is 0.393 e. The molecule has 2 fully saturated rings. The van der Waals surface area contributed by atoms with Gasteiger partial charge in [-0.15, -0.1) is 0 Å².